The van der Waals surface area contributed by atoms with Gasteiger partial charge in [0.25, 0.3) is 5.91 Å². The van der Waals surface area contributed by atoms with Crippen LogP contribution in [0.1, 0.15) is 29.0 Å². The number of hydrogen-bond donors (Lipinski definition) is 1. The van der Waals surface area contributed by atoms with Crippen molar-refractivity contribution in [1.29, 1.82) is 0 Å². The van der Waals surface area contributed by atoms with E-state index in [2.05, 4.69) is 19.9 Å². The van der Waals surface area contributed by atoms with Crippen LogP contribution in [-0.4, -0.2) is 72.5 Å². The lowest BCUT2D eigenvalue weighted by Crippen LogP contribution is -2.48. The molecule has 2 aliphatic rings. The first-order valence-electron chi connectivity index (χ1n) is 11.1. The molecule has 1 fully saturated rings. The van der Waals surface area contributed by atoms with Gasteiger partial charge < -0.3 is 24.4 Å². The quantitative estimate of drug-likeness (QED) is 0.597. The minimum atomic E-state index is -0.123. The Hall–Kier alpha value is -3.66. The molecule has 1 N–H and O–H groups in total. The number of aromatic nitrogens is 2. The fraction of sp³-hybridized carbons (Fsp3) is 0.333. The number of anilines is 1. The fourth-order valence-electron chi connectivity index (χ4n) is 4.20. The number of aliphatic imine (C=N–C) groups is 1. The summed E-state index contributed by atoms with van der Waals surface area (Å²) >= 11 is 1.27. The minimum Gasteiger partial charge on any atom is -0.497 e. The summed E-state index contributed by atoms with van der Waals surface area (Å²) in [6.45, 7) is 2.46. The molecule has 1 amide bonds. The molecule has 0 atom stereocenters. The van der Waals surface area contributed by atoms with E-state index in [4.69, 9.17) is 9.47 Å². The Morgan fingerprint density at radius 1 is 1.09 bits per heavy atom. The third-order valence-corrected chi connectivity index (χ3v) is 6.98. The number of nitrogens with zero attached hydrogens (tertiary/aromatic N) is 5. The Labute approximate surface area is 201 Å². The topological polar surface area (TPSA) is 100 Å². The van der Waals surface area contributed by atoms with Crippen molar-refractivity contribution in [3.8, 4) is 17.4 Å². The lowest BCUT2D eigenvalue weighted by atomic mass is 10.2. The maximum atomic E-state index is 13.4. The van der Waals surface area contributed by atoms with Crippen molar-refractivity contribution >= 4 is 45.1 Å². The molecule has 1 aromatic carbocycles. The van der Waals surface area contributed by atoms with Crippen LogP contribution in [0.2, 0.25) is 0 Å². The number of rotatable bonds is 5. The van der Waals surface area contributed by atoms with Gasteiger partial charge in [0.15, 0.2) is 5.82 Å². The van der Waals surface area contributed by atoms with Gasteiger partial charge in [-0.1, -0.05) is 6.08 Å². The number of allylic oxidation sites excluding steroid dienone is 1. The van der Waals surface area contributed by atoms with Gasteiger partial charge in [0.1, 0.15) is 27.4 Å². The van der Waals surface area contributed by atoms with Gasteiger partial charge in [-0.25, -0.2) is 4.98 Å². The summed E-state index contributed by atoms with van der Waals surface area (Å²) in [7, 11) is 3.26. The van der Waals surface area contributed by atoms with Crippen molar-refractivity contribution in [1.82, 2.24) is 14.9 Å². The molecule has 4 heterocycles. The van der Waals surface area contributed by atoms with Crippen molar-refractivity contribution in [2.45, 2.75) is 12.8 Å². The lowest BCUT2D eigenvalue weighted by Gasteiger charge is -2.36. The van der Waals surface area contributed by atoms with Crippen LogP contribution in [0, 0.1) is 0 Å². The van der Waals surface area contributed by atoms with Crippen LogP contribution in [0.15, 0.2) is 34.6 Å². The van der Waals surface area contributed by atoms with Crippen LogP contribution in [0.4, 0.5) is 5.69 Å². The molecular weight excluding hydrogens is 454 g/mol. The number of carbonyl (C=O) groups is 1. The Kier molecular flexibility index (Phi) is 6.06. The molecule has 34 heavy (non-hydrogen) atoms. The third kappa shape index (κ3) is 4.05. The summed E-state index contributed by atoms with van der Waals surface area (Å²) < 4.78 is 11.3. The Bertz CT molecular complexity index is 1290. The number of aromatic hydroxyl groups is 1. The lowest BCUT2D eigenvalue weighted by molar-refractivity contribution is 0.0749. The summed E-state index contributed by atoms with van der Waals surface area (Å²) in [5, 5.41) is 12.2. The van der Waals surface area contributed by atoms with Crippen LogP contribution in [0.3, 0.4) is 0 Å². The maximum absolute atomic E-state index is 13.4. The van der Waals surface area contributed by atoms with Gasteiger partial charge in [0, 0.05) is 43.8 Å². The van der Waals surface area contributed by atoms with Crippen molar-refractivity contribution in [3.05, 3.63) is 41.0 Å². The van der Waals surface area contributed by atoms with Crippen LogP contribution in [-0.2, 0) is 0 Å². The number of fused-ring (bicyclic) bond motifs is 1. The van der Waals surface area contributed by atoms with Gasteiger partial charge in [0.2, 0.25) is 5.88 Å². The smallest absolute Gasteiger partial charge is 0.257 e. The second kappa shape index (κ2) is 9.30. The van der Waals surface area contributed by atoms with E-state index in [-0.39, 0.29) is 11.8 Å². The molecule has 0 unspecified atom stereocenters. The largest absolute Gasteiger partial charge is 0.497 e. The first-order valence-corrected chi connectivity index (χ1v) is 11.9. The molecule has 2 aromatic heterocycles. The Morgan fingerprint density at radius 2 is 1.91 bits per heavy atom. The molecule has 5 rings (SSSR count). The average molecular weight is 480 g/mol. The van der Waals surface area contributed by atoms with E-state index >= 15 is 0 Å². The van der Waals surface area contributed by atoms with E-state index in [0.29, 0.717) is 53.5 Å². The highest BCUT2D eigenvalue weighted by Crippen LogP contribution is 2.35. The molecule has 3 aromatic rings. The normalized spacial score (nSPS) is 16.0. The van der Waals surface area contributed by atoms with Gasteiger partial charge in [0.05, 0.1) is 25.5 Å². The van der Waals surface area contributed by atoms with Crippen molar-refractivity contribution in [2.24, 2.45) is 4.99 Å². The second-order valence-electron chi connectivity index (χ2n) is 7.99. The van der Waals surface area contributed by atoms with Crippen molar-refractivity contribution in [2.75, 3.05) is 45.3 Å². The highest BCUT2D eigenvalue weighted by Gasteiger charge is 2.27. The summed E-state index contributed by atoms with van der Waals surface area (Å²) in [5.74, 6) is 1.59. The molecule has 0 radical (unpaired) electrons. The summed E-state index contributed by atoms with van der Waals surface area (Å²) in [5.41, 5.74) is 2.54. The van der Waals surface area contributed by atoms with Gasteiger partial charge in [-0.15, -0.1) is 11.3 Å². The first-order chi connectivity index (χ1) is 16.6. The molecule has 1 saturated heterocycles. The number of benzene rings is 1. The van der Waals surface area contributed by atoms with E-state index in [1.807, 2.05) is 35.4 Å². The van der Waals surface area contributed by atoms with Crippen LogP contribution >= 0.6 is 11.3 Å². The standard InChI is InChI=1S/C24H25N5O4S/c1-32-15-6-7-18(19(13-15)33-2)28-9-11-29(12-10-28)24(31)16-14-34-21-20(16)26-22(27-23(21)30)17-5-3-4-8-25-17/h5-8,13-14H,3-4,9-12H2,1-2H3,(H,26,27,30). The van der Waals surface area contributed by atoms with Crippen LogP contribution in [0.25, 0.3) is 15.9 Å². The number of ether oxygens (including phenoxy) is 2. The monoisotopic (exact) mass is 479 g/mol. The molecule has 10 heteroatoms. The number of piperazine rings is 1. The Morgan fingerprint density at radius 3 is 2.62 bits per heavy atom. The molecule has 0 aliphatic carbocycles. The number of hydrogen-bond acceptors (Lipinski definition) is 9. The maximum Gasteiger partial charge on any atom is 0.257 e. The van der Waals surface area contributed by atoms with E-state index in [1.165, 1.54) is 11.3 Å². The number of thiophene rings is 1. The summed E-state index contributed by atoms with van der Waals surface area (Å²) in [6.07, 6.45) is 5.48. The van der Waals surface area contributed by atoms with Crippen molar-refractivity contribution < 1.29 is 19.4 Å². The van der Waals surface area contributed by atoms with Crippen molar-refractivity contribution in [3.63, 3.8) is 0 Å². The molecule has 176 valence electrons. The minimum absolute atomic E-state index is 0.0993. The molecule has 2 aliphatic heterocycles. The van der Waals surface area contributed by atoms with E-state index < -0.39 is 0 Å². The van der Waals surface area contributed by atoms with Crippen LogP contribution < -0.4 is 14.4 Å². The predicted octanol–water partition coefficient (Wildman–Crippen LogP) is 3.58. The number of methoxy groups -OCH3 is 2. The zero-order chi connectivity index (χ0) is 23.7. The molecule has 0 saturated carbocycles. The van der Waals surface area contributed by atoms with E-state index in [1.54, 1.807) is 19.6 Å². The first kappa shape index (κ1) is 22.1. The Balaban J connectivity index is 1.36. The van der Waals surface area contributed by atoms with E-state index in [9.17, 15) is 9.90 Å². The molecular formula is C24H25N5O4S. The SMILES string of the molecule is COc1ccc(N2CCN(C(=O)c3csc4c(O)nc(C5=CCCC=N5)nc34)CC2)c(OC)c1. The summed E-state index contributed by atoms with van der Waals surface area (Å²) in [4.78, 5) is 30.6. The number of amides is 1. The number of carbonyl (C=O) groups excluding carboxylic acids is 1. The van der Waals surface area contributed by atoms with E-state index in [0.717, 1.165) is 30.0 Å². The van der Waals surface area contributed by atoms with Gasteiger partial charge in [-0.05, 0) is 25.0 Å². The zero-order valence-electron chi connectivity index (χ0n) is 19.0. The zero-order valence-corrected chi connectivity index (χ0v) is 19.8. The third-order valence-electron chi connectivity index (χ3n) is 6.02. The fourth-order valence-corrected chi connectivity index (χ4v) is 5.06. The highest BCUT2D eigenvalue weighted by atomic mass is 32.1. The average Bonchev–Trinajstić information content (AvgIpc) is 3.33. The molecule has 0 spiro atoms. The van der Waals surface area contributed by atoms with Crippen LogP contribution in [0.5, 0.6) is 17.4 Å². The van der Waals surface area contributed by atoms with Gasteiger partial charge in [-0.3, -0.25) is 9.79 Å². The highest BCUT2D eigenvalue weighted by molar-refractivity contribution is 7.17. The molecule has 9 nitrogen and oxygen atoms in total. The summed E-state index contributed by atoms with van der Waals surface area (Å²) in [6, 6.07) is 5.74. The second-order valence-corrected chi connectivity index (χ2v) is 8.87. The predicted molar refractivity (Wildman–Crippen MR) is 132 cm³/mol. The van der Waals surface area contributed by atoms with Gasteiger partial charge in [-0.2, -0.15) is 4.98 Å². The molecule has 0 bridgehead atoms. The van der Waals surface area contributed by atoms with Gasteiger partial charge >= 0.3 is 0 Å².